The Kier molecular flexibility index (Phi) is 5.41. The van der Waals surface area contributed by atoms with Gasteiger partial charge < -0.3 is 0 Å². The van der Waals surface area contributed by atoms with Crippen LogP contribution in [0.15, 0.2) is 12.1 Å². The van der Waals surface area contributed by atoms with E-state index in [0.29, 0.717) is 0 Å². The van der Waals surface area contributed by atoms with Crippen LogP contribution in [0.2, 0.25) is 0 Å². The predicted molar refractivity (Wildman–Crippen MR) is 66.4 cm³/mol. The lowest BCUT2D eigenvalue weighted by atomic mass is 10.1. The van der Waals surface area contributed by atoms with Gasteiger partial charge in [0.15, 0.2) is 0 Å². The van der Waals surface area contributed by atoms with Crippen molar-refractivity contribution in [1.82, 2.24) is 5.43 Å². The highest BCUT2D eigenvalue weighted by molar-refractivity contribution is 7.12. The highest BCUT2D eigenvalue weighted by Crippen LogP contribution is 2.26. The van der Waals surface area contributed by atoms with Crippen LogP contribution in [-0.2, 0) is 6.42 Å². The van der Waals surface area contributed by atoms with Gasteiger partial charge in [0.1, 0.15) is 0 Å². The number of nitrogens with one attached hydrogen (secondary N) is 1. The van der Waals surface area contributed by atoms with Gasteiger partial charge in [-0.3, -0.25) is 11.3 Å². The Balaban J connectivity index is 2.59. The molecule has 0 saturated heterocycles. The molecule has 1 unspecified atom stereocenters. The molecule has 0 aromatic carbocycles. The van der Waals surface area contributed by atoms with Gasteiger partial charge in [0, 0.05) is 16.2 Å². The van der Waals surface area contributed by atoms with Crippen LogP contribution in [0.3, 0.4) is 0 Å². The summed E-state index contributed by atoms with van der Waals surface area (Å²) in [6, 6.07) is 4.58. The van der Waals surface area contributed by atoms with Gasteiger partial charge >= 0.3 is 0 Å². The fourth-order valence-corrected chi connectivity index (χ4v) is 2.47. The van der Waals surface area contributed by atoms with E-state index in [4.69, 9.17) is 5.84 Å². The minimum Gasteiger partial charge on any atom is -0.271 e. The molecular formula is C12H18N2S. The Morgan fingerprint density at radius 1 is 1.53 bits per heavy atom. The molecule has 1 rings (SSSR count). The van der Waals surface area contributed by atoms with Gasteiger partial charge in [-0.25, -0.2) is 0 Å². The number of hydrogen-bond donors (Lipinski definition) is 2. The normalized spacial score (nSPS) is 11.9. The highest BCUT2D eigenvalue weighted by Gasteiger charge is 2.10. The molecule has 0 amide bonds. The van der Waals surface area contributed by atoms with Gasteiger partial charge in [-0.15, -0.1) is 23.2 Å². The summed E-state index contributed by atoms with van der Waals surface area (Å²) in [4.78, 5) is 2.72. The summed E-state index contributed by atoms with van der Waals surface area (Å²) in [7, 11) is 0. The molecule has 15 heavy (non-hydrogen) atoms. The smallest absolute Gasteiger partial charge is 0.0562 e. The molecule has 0 aliphatic carbocycles. The SMILES string of the molecule is CC#CCCC(NN)c1ccc(CC)s1. The van der Waals surface area contributed by atoms with Crippen LogP contribution in [0.25, 0.3) is 0 Å². The highest BCUT2D eigenvalue weighted by atomic mass is 32.1. The van der Waals surface area contributed by atoms with Crippen molar-refractivity contribution in [3.8, 4) is 11.8 Å². The largest absolute Gasteiger partial charge is 0.271 e. The van der Waals surface area contributed by atoms with Gasteiger partial charge in [0.25, 0.3) is 0 Å². The molecule has 1 aromatic rings. The second kappa shape index (κ2) is 6.62. The van der Waals surface area contributed by atoms with Crippen LogP contribution in [-0.4, -0.2) is 0 Å². The lowest BCUT2D eigenvalue weighted by Gasteiger charge is -2.11. The Morgan fingerprint density at radius 2 is 2.33 bits per heavy atom. The van der Waals surface area contributed by atoms with Crippen LogP contribution >= 0.6 is 11.3 Å². The minimum absolute atomic E-state index is 0.246. The minimum atomic E-state index is 0.246. The summed E-state index contributed by atoms with van der Waals surface area (Å²) in [6.07, 6.45) is 2.96. The molecule has 3 N–H and O–H groups in total. The van der Waals surface area contributed by atoms with E-state index >= 15 is 0 Å². The average Bonchev–Trinajstić information content (AvgIpc) is 2.73. The van der Waals surface area contributed by atoms with Crippen molar-refractivity contribution in [3.63, 3.8) is 0 Å². The third-order valence-corrected chi connectivity index (χ3v) is 3.65. The topological polar surface area (TPSA) is 38.0 Å². The second-order valence-electron chi connectivity index (χ2n) is 3.34. The van der Waals surface area contributed by atoms with Crippen LogP contribution in [0.1, 0.15) is 42.5 Å². The van der Waals surface area contributed by atoms with E-state index in [-0.39, 0.29) is 6.04 Å². The van der Waals surface area contributed by atoms with E-state index in [1.165, 1.54) is 9.75 Å². The number of rotatable bonds is 5. The van der Waals surface area contributed by atoms with Crippen molar-refractivity contribution < 1.29 is 0 Å². The molecular weight excluding hydrogens is 204 g/mol. The van der Waals surface area contributed by atoms with Crippen molar-refractivity contribution >= 4 is 11.3 Å². The molecule has 0 radical (unpaired) electrons. The summed E-state index contributed by atoms with van der Waals surface area (Å²) < 4.78 is 0. The number of hydrogen-bond acceptors (Lipinski definition) is 3. The lowest BCUT2D eigenvalue weighted by molar-refractivity contribution is 0.532. The summed E-state index contributed by atoms with van der Waals surface area (Å²) in [6.45, 7) is 4.04. The molecule has 1 aromatic heterocycles. The van der Waals surface area contributed by atoms with E-state index in [9.17, 15) is 0 Å². The summed E-state index contributed by atoms with van der Waals surface area (Å²) in [5.74, 6) is 11.5. The van der Waals surface area contributed by atoms with Gasteiger partial charge in [-0.05, 0) is 31.9 Å². The molecule has 1 atom stereocenters. The van der Waals surface area contributed by atoms with Crippen LogP contribution < -0.4 is 11.3 Å². The number of thiophene rings is 1. The maximum atomic E-state index is 5.55. The molecule has 3 heteroatoms. The quantitative estimate of drug-likeness (QED) is 0.456. The van der Waals surface area contributed by atoms with E-state index in [2.05, 4.69) is 36.3 Å². The third-order valence-electron chi connectivity index (χ3n) is 2.31. The Hall–Kier alpha value is -0.820. The molecule has 1 heterocycles. The monoisotopic (exact) mass is 222 g/mol. The predicted octanol–water partition coefficient (Wildman–Crippen LogP) is 2.62. The number of aryl methyl sites for hydroxylation is 1. The van der Waals surface area contributed by atoms with Gasteiger partial charge in [0.05, 0.1) is 6.04 Å². The molecule has 0 aliphatic heterocycles. The van der Waals surface area contributed by atoms with Crippen LogP contribution in [0, 0.1) is 11.8 Å². The van der Waals surface area contributed by atoms with Crippen molar-refractivity contribution in [2.75, 3.05) is 0 Å². The third kappa shape index (κ3) is 3.67. The summed E-state index contributed by atoms with van der Waals surface area (Å²) >= 11 is 1.83. The first-order valence-electron chi connectivity index (χ1n) is 5.26. The van der Waals surface area contributed by atoms with Gasteiger partial charge in [-0.1, -0.05) is 6.92 Å². The average molecular weight is 222 g/mol. The standard InChI is InChI=1S/C12H18N2S/c1-3-5-6-7-11(14-13)12-9-8-10(4-2)15-12/h8-9,11,14H,4,6-7,13H2,1-2H3. The molecule has 82 valence electrons. The zero-order chi connectivity index (χ0) is 11.1. The fourth-order valence-electron chi connectivity index (χ4n) is 1.42. The molecule has 0 bridgehead atoms. The van der Waals surface area contributed by atoms with Crippen molar-refractivity contribution in [1.29, 1.82) is 0 Å². The first-order valence-corrected chi connectivity index (χ1v) is 6.07. The maximum Gasteiger partial charge on any atom is 0.0562 e. The van der Waals surface area contributed by atoms with E-state index in [1.54, 1.807) is 0 Å². The Labute approximate surface area is 95.9 Å². The van der Waals surface area contributed by atoms with Crippen molar-refractivity contribution in [3.05, 3.63) is 21.9 Å². The van der Waals surface area contributed by atoms with Crippen molar-refractivity contribution in [2.45, 2.75) is 39.2 Å². The van der Waals surface area contributed by atoms with Crippen LogP contribution in [0.4, 0.5) is 0 Å². The van der Waals surface area contributed by atoms with Gasteiger partial charge in [0.2, 0.25) is 0 Å². The first kappa shape index (κ1) is 12.3. The van der Waals surface area contributed by atoms with Crippen molar-refractivity contribution in [2.24, 2.45) is 5.84 Å². The zero-order valence-corrected chi connectivity index (χ0v) is 10.2. The molecule has 0 spiro atoms. The van der Waals surface area contributed by atoms with E-state index < -0.39 is 0 Å². The Morgan fingerprint density at radius 3 is 2.87 bits per heavy atom. The van der Waals surface area contributed by atoms with E-state index in [0.717, 1.165) is 19.3 Å². The first-order chi connectivity index (χ1) is 7.31. The molecule has 2 nitrogen and oxygen atoms in total. The number of hydrazine groups is 1. The summed E-state index contributed by atoms with van der Waals surface area (Å²) in [5, 5.41) is 0. The number of nitrogens with two attached hydrogens (primary N) is 1. The zero-order valence-electron chi connectivity index (χ0n) is 9.34. The van der Waals surface area contributed by atoms with Gasteiger partial charge in [-0.2, -0.15) is 0 Å². The van der Waals surface area contributed by atoms with E-state index in [1.807, 2.05) is 18.3 Å². The van der Waals surface area contributed by atoms with Crippen LogP contribution in [0.5, 0.6) is 0 Å². The molecule has 0 fully saturated rings. The second-order valence-corrected chi connectivity index (χ2v) is 4.54. The lowest BCUT2D eigenvalue weighted by Crippen LogP contribution is -2.27. The summed E-state index contributed by atoms with van der Waals surface area (Å²) in [5.41, 5.74) is 2.86. The molecule has 0 saturated carbocycles. The maximum absolute atomic E-state index is 5.55. The Bertz CT molecular complexity index is 346. The fraction of sp³-hybridized carbons (Fsp3) is 0.500. The molecule has 0 aliphatic rings.